The number of sulfone groups is 1. The normalized spacial score (nSPS) is 26.0. The van der Waals surface area contributed by atoms with Gasteiger partial charge in [0.2, 0.25) is 0 Å². The van der Waals surface area contributed by atoms with E-state index in [0.29, 0.717) is 19.6 Å². The van der Waals surface area contributed by atoms with Gasteiger partial charge in [0.25, 0.3) is 5.91 Å². The van der Waals surface area contributed by atoms with Gasteiger partial charge in [-0.25, -0.2) is 13.4 Å². The molecule has 8 heteroatoms. The van der Waals surface area contributed by atoms with Crippen molar-refractivity contribution >= 4 is 15.7 Å². The van der Waals surface area contributed by atoms with E-state index in [1.54, 1.807) is 0 Å². The molecule has 7 nitrogen and oxygen atoms in total. The topological polar surface area (TPSA) is 89.7 Å². The number of aromatic nitrogens is 1. The quantitative estimate of drug-likeness (QED) is 0.796. The Morgan fingerprint density at radius 2 is 2.33 bits per heavy atom. The Morgan fingerprint density at radius 1 is 1.57 bits per heavy atom. The summed E-state index contributed by atoms with van der Waals surface area (Å²) in [6.07, 6.45) is 3.06. The molecule has 2 fully saturated rings. The number of likely N-dealkylation sites (tertiary alicyclic amines) is 1. The molecule has 3 heterocycles. The van der Waals surface area contributed by atoms with Gasteiger partial charge in [-0.05, 0) is 13.3 Å². The molecule has 1 aromatic heterocycles. The summed E-state index contributed by atoms with van der Waals surface area (Å²) >= 11 is 0. The van der Waals surface area contributed by atoms with Crippen LogP contribution in [0.15, 0.2) is 17.1 Å². The first kappa shape index (κ1) is 14.5. The first-order valence-electron chi connectivity index (χ1n) is 6.97. The number of rotatable bonds is 4. The average Bonchev–Trinajstić information content (AvgIpc) is 3.00. The number of carbonyl (C=O) groups excluding carboxylic acids is 1. The van der Waals surface area contributed by atoms with Crippen LogP contribution >= 0.6 is 0 Å². The maximum absolute atomic E-state index is 12.4. The van der Waals surface area contributed by atoms with Gasteiger partial charge in [-0.3, -0.25) is 4.79 Å². The largest absolute Gasteiger partial charge is 0.451 e. The fourth-order valence-corrected chi connectivity index (χ4v) is 5.59. The summed E-state index contributed by atoms with van der Waals surface area (Å²) in [6, 6.07) is 0. The summed E-state index contributed by atoms with van der Waals surface area (Å²) in [5.74, 6) is -0.146. The van der Waals surface area contributed by atoms with E-state index in [1.807, 2.05) is 6.92 Å². The molecule has 21 heavy (non-hydrogen) atoms. The van der Waals surface area contributed by atoms with E-state index in [-0.39, 0.29) is 36.4 Å². The third-order valence-electron chi connectivity index (χ3n) is 4.48. The number of nitrogens with zero attached hydrogens (tertiary/aromatic N) is 2. The predicted octanol–water partition coefficient (Wildman–Crippen LogP) is 0.340. The van der Waals surface area contributed by atoms with Gasteiger partial charge >= 0.3 is 0 Å². The standard InChI is InChI=1S/C13H18N2O5S/c1-2-19-5-10-3-4-21(17,18)13(10)7-15(8-13)12(16)11-6-20-9-14-11/h6,9-10H,2-5,7-8H2,1H3. The van der Waals surface area contributed by atoms with Crippen molar-refractivity contribution in [3.05, 3.63) is 18.4 Å². The van der Waals surface area contributed by atoms with Gasteiger partial charge in [0.05, 0.1) is 12.4 Å². The molecule has 0 aromatic carbocycles. The van der Waals surface area contributed by atoms with Gasteiger partial charge in [-0.1, -0.05) is 0 Å². The minimum absolute atomic E-state index is 0.0381. The molecule has 116 valence electrons. The van der Waals surface area contributed by atoms with Crippen molar-refractivity contribution in [1.82, 2.24) is 9.88 Å². The van der Waals surface area contributed by atoms with E-state index in [0.717, 1.165) is 0 Å². The first-order chi connectivity index (χ1) is 10.00. The summed E-state index contributed by atoms with van der Waals surface area (Å²) in [5, 5.41) is 0. The van der Waals surface area contributed by atoms with Gasteiger partial charge < -0.3 is 14.1 Å². The third-order valence-corrected chi connectivity index (χ3v) is 7.08. The molecule has 1 atom stereocenters. The van der Waals surface area contributed by atoms with Crippen LogP contribution in [0.4, 0.5) is 0 Å². The van der Waals surface area contributed by atoms with Gasteiger partial charge in [-0.2, -0.15) is 0 Å². The molecular formula is C13H18N2O5S. The van der Waals surface area contributed by atoms with Crippen LogP contribution in [0.5, 0.6) is 0 Å². The van der Waals surface area contributed by atoms with Gasteiger partial charge in [0.15, 0.2) is 21.9 Å². The maximum Gasteiger partial charge on any atom is 0.275 e. The van der Waals surface area contributed by atoms with Crippen LogP contribution in [0.3, 0.4) is 0 Å². The van der Waals surface area contributed by atoms with Crippen LogP contribution in [0, 0.1) is 5.92 Å². The van der Waals surface area contributed by atoms with Crippen molar-refractivity contribution in [3.63, 3.8) is 0 Å². The van der Waals surface area contributed by atoms with Gasteiger partial charge in [0, 0.05) is 25.6 Å². The molecule has 1 unspecified atom stereocenters. The summed E-state index contributed by atoms with van der Waals surface area (Å²) < 4.78 is 34.1. The highest BCUT2D eigenvalue weighted by Gasteiger charge is 2.62. The molecule has 3 rings (SSSR count). The molecule has 2 aliphatic rings. The number of ether oxygens (including phenoxy) is 1. The lowest BCUT2D eigenvalue weighted by Gasteiger charge is -2.49. The Kier molecular flexibility index (Phi) is 3.53. The fourth-order valence-electron chi connectivity index (χ4n) is 3.19. The second-order valence-electron chi connectivity index (χ2n) is 5.56. The number of amides is 1. The SMILES string of the molecule is CCOCC1CCS(=O)(=O)C12CN(C(=O)c1cocn1)C2. The van der Waals surface area contributed by atoms with Crippen LogP contribution in [0.25, 0.3) is 0 Å². The molecule has 0 radical (unpaired) electrons. The number of carbonyl (C=O) groups is 1. The van der Waals surface area contributed by atoms with E-state index in [2.05, 4.69) is 4.98 Å². The molecule has 1 aromatic rings. The smallest absolute Gasteiger partial charge is 0.275 e. The highest BCUT2D eigenvalue weighted by atomic mass is 32.2. The lowest BCUT2D eigenvalue weighted by Crippen LogP contribution is -2.68. The molecule has 0 N–H and O–H groups in total. The maximum atomic E-state index is 12.4. The minimum atomic E-state index is -3.18. The Bertz CT molecular complexity index is 619. The Balaban J connectivity index is 1.74. The molecule has 2 aliphatic heterocycles. The molecular weight excluding hydrogens is 296 g/mol. The highest BCUT2D eigenvalue weighted by molar-refractivity contribution is 7.93. The zero-order valence-electron chi connectivity index (χ0n) is 11.8. The minimum Gasteiger partial charge on any atom is -0.451 e. The van der Waals surface area contributed by atoms with Gasteiger partial charge in [0.1, 0.15) is 11.0 Å². The second-order valence-corrected chi connectivity index (χ2v) is 8.01. The first-order valence-corrected chi connectivity index (χ1v) is 8.63. The second kappa shape index (κ2) is 5.10. The molecule has 1 spiro atoms. The van der Waals surface area contributed by atoms with Crippen LogP contribution in [-0.2, 0) is 14.6 Å². The van der Waals surface area contributed by atoms with E-state index in [4.69, 9.17) is 9.15 Å². The Labute approximate surface area is 123 Å². The Morgan fingerprint density at radius 3 is 2.95 bits per heavy atom. The van der Waals surface area contributed by atoms with Crippen molar-refractivity contribution in [3.8, 4) is 0 Å². The van der Waals surface area contributed by atoms with Crippen LogP contribution in [-0.4, -0.2) is 61.0 Å². The predicted molar refractivity (Wildman–Crippen MR) is 73.5 cm³/mol. The van der Waals surface area contributed by atoms with Crippen molar-refractivity contribution in [1.29, 1.82) is 0 Å². The summed E-state index contributed by atoms with van der Waals surface area (Å²) in [7, 11) is -3.18. The van der Waals surface area contributed by atoms with Crippen molar-refractivity contribution in [2.24, 2.45) is 5.92 Å². The molecule has 0 aliphatic carbocycles. The lowest BCUT2D eigenvalue weighted by molar-refractivity contribution is 0.0267. The van der Waals surface area contributed by atoms with E-state index in [9.17, 15) is 13.2 Å². The van der Waals surface area contributed by atoms with Crippen molar-refractivity contribution < 1.29 is 22.4 Å². The van der Waals surface area contributed by atoms with Gasteiger partial charge in [-0.15, -0.1) is 0 Å². The monoisotopic (exact) mass is 314 g/mol. The fraction of sp³-hybridized carbons (Fsp3) is 0.692. The van der Waals surface area contributed by atoms with Crippen molar-refractivity contribution in [2.75, 3.05) is 32.1 Å². The molecule has 0 bridgehead atoms. The van der Waals surface area contributed by atoms with Crippen LogP contribution in [0.1, 0.15) is 23.8 Å². The average molecular weight is 314 g/mol. The highest BCUT2D eigenvalue weighted by Crippen LogP contribution is 2.45. The third kappa shape index (κ3) is 2.17. The van der Waals surface area contributed by atoms with E-state index < -0.39 is 14.6 Å². The van der Waals surface area contributed by atoms with E-state index in [1.165, 1.54) is 17.6 Å². The lowest BCUT2D eigenvalue weighted by atomic mass is 9.83. The van der Waals surface area contributed by atoms with Crippen LogP contribution in [0.2, 0.25) is 0 Å². The zero-order chi connectivity index (χ0) is 15.1. The summed E-state index contributed by atoms with van der Waals surface area (Å²) in [5.41, 5.74) is 0.210. The Hall–Kier alpha value is -1.41. The van der Waals surface area contributed by atoms with E-state index >= 15 is 0 Å². The van der Waals surface area contributed by atoms with Crippen molar-refractivity contribution in [2.45, 2.75) is 18.1 Å². The summed E-state index contributed by atoms with van der Waals surface area (Å²) in [6.45, 7) is 3.32. The number of hydrogen-bond acceptors (Lipinski definition) is 6. The molecule has 0 saturated carbocycles. The molecule has 2 saturated heterocycles. The molecule has 1 amide bonds. The number of hydrogen-bond donors (Lipinski definition) is 0. The number of oxazole rings is 1. The summed E-state index contributed by atoms with van der Waals surface area (Å²) in [4.78, 5) is 17.5. The zero-order valence-corrected chi connectivity index (χ0v) is 12.6. The van der Waals surface area contributed by atoms with Crippen LogP contribution < -0.4 is 0 Å².